The summed E-state index contributed by atoms with van der Waals surface area (Å²) in [5.74, 6) is 0.872. The van der Waals surface area contributed by atoms with Gasteiger partial charge in [-0.25, -0.2) is 0 Å². The molecule has 0 saturated heterocycles. The standard InChI is InChI=1S/C13H24N2O/c1-5-13(14)9-8-12(4)16-11-10-15(6-2)7-3/h5,8-9H,1,6-7,10-11,14H2,2-4H3/b12-8+,13-9+. The highest BCUT2D eigenvalue weighted by Gasteiger charge is 1.98. The van der Waals surface area contributed by atoms with Crippen LogP contribution in [0, 0.1) is 0 Å². The molecule has 3 heteroatoms. The zero-order valence-electron chi connectivity index (χ0n) is 10.7. The molecule has 3 nitrogen and oxygen atoms in total. The van der Waals surface area contributed by atoms with Crippen molar-refractivity contribution in [2.24, 2.45) is 5.73 Å². The van der Waals surface area contributed by atoms with Crippen molar-refractivity contribution in [2.75, 3.05) is 26.2 Å². The lowest BCUT2D eigenvalue weighted by atomic mass is 10.3. The molecule has 0 aromatic carbocycles. The number of ether oxygens (including phenoxy) is 1. The van der Waals surface area contributed by atoms with Crippen LogP contribution in [-0.4, -0.2) is 31.1 Å². The largest absolute Gasteiger partial charge is 0.497 e. The van der Waals surface area contributed by atoms with E-state index in [-0.39, 0.29) is 0 Å². The molecule has 0 spiro atoms. The van der Waals surface area contributed by atoms with Crippen molar-refractivity contribution in [1.29, 1.82) is 0 Å². The molecule has 0 rings (SSSR count). The Kier molecular flexibility index (Phi) is 8.35. The quantitative estimate of drug-likeness (QED) is 0.508. The van der Waals surface area contributed by atoms with Gasteiger partial charge in [-0.2, -0.15) is 0 Å². The van der Waals surface area contributed by atoms with Crippen LogP contribution >= 0.6 is 0 Å². The first kappa shape index (κ1) is 14.8. The second-order valence-corrected chi connectivity index (χ2v) is 3.52. The summed E-state index contributed by atoms with van der Waals surface area (Å²) in [5, 5.41) is 0. The maximum atomic E-state index is 5.58. The monoisotopic (exact) mass is 224 g/mol. The maximum absolute atomic E-state index is 5.58. The fraction of sp³-hybridized carbons (Fsp3) is 0.538. The molecule has 0 bridgehead atoms. The molecule has 0 fully saturated rings. The van der Waals surface area contributed by atoms with Crippen molar-refractivity contribution in [3.05, 3.63) is 36.3 Å². The average molecular weight is 224 g/mol. The Balaban J connectivity index is 3.89. The molecule has 92 valence electrons. The fourth-order valence-corrected chi connectivity index (χ4v) is 1.21. The number of rotatable bonds is 8. The van der Waals surface area contributed by atoms with Crippen molar-refractivity contribution in [3.63, 3.8) is 0 Å². The van der Waals surface area contributed by atoms with Crippen molar-refractivity contribution < 1.29 is 4.74 Å². The van der Waals surface area contributed by atoms with Gasteiger partial charge in [-0.3, -0.25) is 0 Å². The van der Waals surface area contributed by atoms with Gasteiger partial charge in [0.25, 0.3) is 0 Å². The van der Waals surface area contributed by atoms with E-state index in [9.17, 15) is 0 Å². The second-order valence-electron chi connectivity index (χ2n) is 3.52. The molecule has 0 atom stereocenters. The van der Waals surface area contributed by atoms with Gasteiger partial charge in [-0.05, 0) is 38.2 Å². The van der Waals surface area contributed by atoms with Crippen molar-refractivity contribution in [2.45, 2.75) is 20.8 Å². The van der Waals surface area contributed by atoms with Crippen LogP contribution in [0.4, 0.5) is 0 Å². The van der Waals surface area contributed by atoms with Gasteiger partial charge in [0.2, 0.25) is 0 Å². The lowest BCUT2D eigenvalue weighted by Gasteiger charge is -2.18. The van der Waals surface area contributed by atoms with Crippen LogP contribution in [0.15, 0.2) is 36.3 Å². The third-order valence-corrected chi connectivity index (χ3v) is 2.38. The van der Waals surface area contributed by atoms with Crippen LogP contribution < -0.4 is 5.73 Å². The molecule has 0 aromatic rings. The van der Waals surface area contributed by atoms with Crippen LogP contribution in [-0.2, 0) is 4.74 Å². The van der Waals surface area contributed by atoms with E-state index in [0.717, 1.165) is 25.4 Å². The lowest BCUT2D eigenvalue weighted by Crippen LogP contribution is -2.26. The first-order valence-electron chi connectivity index (χ1n) is 5.75. The number of nitrogens with zero attached hydrogens (tertiary/aromatic N) is 1. The molecule has 0 radical (unpaired) electrons. The van der Waals surface area contributed by atoms with Crippen LogP contribution in [0.5, 0.6) is 0 Å². The highest BCUT2D eigenvalue weighted by Crippen LogP contribution is 1.98. The number of likely N-dealkylation sites (N-methyl/N-ethyl adjacent to an activating group) is 1. The SMILES string of the molecule is C=C/C(N)=C\C=C(/C)OCCN(CC)CC. The average Bonchev–Trinajstić information content (AvgIpc) is 2.31. The Labute approximate surface area is 99.3 Å². The summed E-state index contributed by atoms with van der Waals surface area (Å²) in [7, 11) is 0. The van der Waals surface area contributed by atoms with Gasteiger partial charge >= 0.3 is 0 Å². The van der Waals surface area contributed by atoms with E-state index >= 15 is 0 Å². The summed E-state index contributed by atoms with van der Waals surface area (Å²) < 4.78 is 5.56. The molecule has 2 N–H and O–H groups in total. The van der Waals surface area contributed by atoms with Crippen LogP contribution in [0.1, 0.15) is 20.8 Å². The third-order valence-electron chi connectivity index (χ3n) is 2.38. The number of nitrogens with two attached hydrogens (primary N) is 1. The minimum absolute atomic E-state index is 0.645. The molecule has 0 aliphatic rings. The van der Waals surface area contributed by atoms with Gasteiger partial charge in [0.1, 0.15) is 6.61 Å². The maximum Gasteiger partial charge on any atom is 0.100 e. The molecule has 0 amide bonds. The van der Waals surface area contributed by atoms with E-state index in [0.29, 0.717) is 12.3 Å². The molecule has 0 heterocycles. The van der Waals surface area contributed by atoms with Gasteiger partial charge in [-0.1, -0.05) is 20.4 Å². The van der Waals surface area contributed by atoms with Crippen LogP contribution in [0.3, 0.4) is 0 Å². The summed E-state index contributed by atoms with van der Waals surface area (Å²) >= 11 is 0. The molecular weight excluding hydrogens is 200 g/mol. The minimum atomic E-state index is 0.645. The third kappa shape index (κ3) is 7.12. The number of allylic oxidation sites excluding steroid dienone is 4. The van der Waals surface area contributed by atoms with Crippen molar-refractivity contribution >= 4 is 0 Å². The second kappa shape index (κ2) is 9.04. The first-order valence-corrected chi connectivity index (χ1v) is 5.75. The van der Waals surface area contributed by atoms with Crippen LogP contribution in [0.25, 0.3) is 0 Å². The molecule has 0 aliphatic heterocycles. The molecule has 0 saturated carbocycles. The summed E-state index contributed by atoms with van der Waals surface area (Å²) in [5.41, 5.74) is 6.22. The van der Waals surface area contributed by atoms with Gasteiger partial charge in [0.05, 0.1) is 5.76 Å². The Hall–Kier alpha value is -1.22. The normalized spacial score (nSPS) is 13.0. The highest BCUT2D eigenvalue weighted by molar-refractivity contribution is 5.19. The predicted molar refractivity (Wildman–Crippen MR) is 70.0 cm³/mol. The van der Waals surface area contributed by atoms with Crippen LogP contribution in [0.2, 0.25) is 0 Å². The fourth-order valence-electron chi connectivity index (χ4n) is 1.21. The Morgan fingerprint density at radius 2 is 1.94 bits per heavy atom. The molecule has 0 unspecified atom stereocenters. The van der Waals surface area contributed by atoms with Crippen molar-refractivity contribution in [1.82, 2.24) is 4.90 Å². The highest BCUT2D eigenvalue weighted by atomic mass is 16.5. The smallest absolute Gasteiger partial charge is 0.100 e. The van der Waals surface area contributed by atoms with E-state index in [1.165, 1.54) is 0 Å². The van der Waals surface area contributed by atoms with Gasteiger partial charge in [0, 0.05) is 12.2 Å². The molecule has 0 aromatic heterocycles. The van der Waals surface area contributed by atoms with E-state index in [1.54, 1.807) is 12.2 Å². The van der Waals surface area contributed by atoms with E-state index in [2.05, 4.69) is 25.3 Å². The predicted octanol–water partition coefficient (Wildman–Crippen LogP) is 2.28. The summed E-state index contributed by atoms with van der Waals surface area (Å²) in [4.78, 5) is 2.32. The minimum Gasteiger partial charge on any atom is -0.497 e. The van der Waals surface area contributed by atoms with Crippen molar-refractivity contribution in [3.8, 4) is 0 Å². The van der Waals surface area contributed by atoms with E-state index < -0.39 is 0 Å². The zero-order chi connectivity index (χ0) is 12.4. The molecule has 16 heavy (non-hydrogen) atoms. The topological polar surface area (TPSA) is 38.5 Å². The summed E-state index contributed by atoms with van der Waals surface area (Å²) in [6, 6.07) is 0. The Morgan fingerprint density at radius 1 is 1.31 bits per heavy atom. The molecular formula is C13H24N2O. The van der Waals surface area contributed by atoms with Gasteiger partial charge in [-0.15, -0.1) is 0 Å². The molecule has 0 aliphatic carbocycles. The number of hydrogen-bond donors (Lipinski definition) is 1. The Morgan fingerprint density at radius 3 is 2.44 bits per heavy atom. The number of hydrogen-bond acceptors (Lipinski definition) is 3. The zero-order valence-corrected chi connectivity index (χ0v) is 10.7. The lowest BCUT2D eigenvalue weighted by molar-refractivity contribution is 0.165. The van der Waals surface area contributed by atoms with Gasteiger partial charge < -0.3 is 15.4 Å². The first-order chi connectivity index (χ1) is 7.63. The summed E-state index contributed by atoms with van der Waals surface area (Å²) in [6.07, 6.45) is 5.26. The van der Waals surface area contributed by atoms with E-state index in [4.69, 9.17) is 10.5 Å². The van der Waals surface area contributed by atoms with E-state index in [1.807, 2.05) is 13.0 Å². The summed E-state index contributed by atoms with van der Waals surface area (Å²) in [6.45, 7) is 13.6. The van der Waals surface area contributed by atoms with Gasteiger partial charge in [0.15, 0.2) is 0 Å². The Bertz CT molecular complexity index is 253.